The predicted octanol–water partition coefficient (Wildman–Crippen LogP) is 4.66. The minimum Gasteiger partial charge on any atom is -0.321 e. The van der Waals surface area contributed by atoms with Gasteiger partial charge in [0.25, 0.3) is 0 Å². The highest BCUT2D eigenvalue weighted by Gasteiger charge is 2.27. The zero-order valence-electron chi connectivity index (χ0n) is 16.6. The van der Waals surface area contributed by atoms with Crippen LogP contribution in [0, 0.1) is 6.92 Å². The Morgan fingerprint density at radius 2 is 1.96 bits per heavy atom. The van der Waals surface area contributed by atoms with E-state index in [2.05, 4.69) is 23.5 Å². The molecule has 0 spiro atoms. The molecule has 3 amide bonds. The Morgan fingerprint density at radius 1 is 1.14 bits per heavy atom. The molecule has 5 heteroatoms. The number of hydrogen-bond donors (Lipinski definition) is 1. The van der Waals surface area contributed by atoms with E-state index in [0.717, 1.165) is 49.2 Å². The molecule has 0 saturated carbocycles. The summed E-state index contributed by atoms with van der Waals surface area (Å²) in [4.78, 5) is 28.7. The Hall–Kier alpha value is -2.82. The van der Waals surface area contributed by atoms with Gasteiger partial charge in [0.05, 0.1) is 6.04 Å². The molecule has 2 aromatic carbocycles. The number of anilines is 2. The first-order chi connectivity index (χ1) is 13.5. The summed E-state index contributed by atoms with van der Waals surface area (Å²) in [5, 5.41) is 3.07. The average molecular weight is 377 g/mol. The van der Waals surface area contributed by atoms with Gasteiger partial charge in [-0.05, 0) is 61.4 Å². The molecule has 1 saturated heterocycles. The molecule has 1 aliphatic heterocycles. The van der Waals surface area contributed by atoms with Crippen molar-refractivity contribution in [1.82, 2.24) is 4.90 Å². The molecule has 1 atom stereocenters. The highest BCUT2D eigenvalue weighted by Crippen LogP contribution is 2.34. The number of nitrogens with one attached hydrogen (secondary N) is 1. The van der Waals surface area contributed by atoms with Gasteiger partial charge in [0.15, 0.2) is 0 Å². The van der Waals surface area contributed by atoms with Crippen molar-refractivity contribution in [2.45, 2.75) is 45.1 Å². The van der Waals surface area contributed by atoms with Crippen molar-refractivity contribution in [3.05, 3.63) is 59.2 Å². The lowest BCUT2D eigenvalue weighted by Crippen LogP contribution is -2.36. The fourth-order valence-electron chi connectivity index (χ4n) is 4.31. The van der Waals surface area contributed by atoms with Gasteiger partial charge in [-0.25, -0.2) is 4.79 Å². The highest BCUT2D eigenvalue weighted by molar-refractivity contribution is 5.97. The molecule has 5 nitrogen and oxygen atoms in total. The first kappa shape index (κ1) is 18.5. The Kier molecular flexibility index (Phi) is 5.07. The summed E-state index contributed by atoms with van der Waals surface area (Å²) in [5.74, 6) is 0.150. The van der Waals surface area contributed by atoms with E-state index < -0.39 is 0 Å². The standard InChI is InChI=1S/C23H27N3O2/c1-16-12-13-18(26-14-6-11-22(26)27)15-20(16)24-23(28)25(2)21-10-5-8-17-7-3-4-9-19(17)21/h3-4,7,9,12-13,15,21H,5-6,8,10-11,14H2,1-2H3,(H,24,28). The van der Waals surface area contributed by atoms with Crippen LogP contribution in [-0.2, 0) is 11.2 Å². The van der Waals surface area contributed by atoms with Crippen molar-refractivity contribution in [2.24, 2.45) is 0 Å². The lowest BCUT2D eigenvalue weighted by atomic mass is 9.87. The molecule has 146 valence electrons. The van der Waals surface area contributed by atoms with E-state index in [0.29, 0.717) is 6.42 Å². The lowest BCUT2D eigenvalue weighted by molar-refractivity contribution is -0.117. The number of hydrogen-bond acceptors (Lipinski definition) is 2. The normalized spacial score (nSPS) is 18.7. The van der Waals surface area contributed by atoms with Crippen molar-refractivity contribution in [1.29, 1.82) is 0 Å². The van der Waals surface area contributed by atoms with Gasteiger partial charge in [0.1, 0.15) is 0 Å². The topological polar surface area (TPSA) is 52.7 Å². The van der Waals surface area contributed by atoms with Gasteiger partial charge in [-0.1, -0.05) is 30.3 Å². The van der Waals surface area contributed by atoms with Crippen molar-refractivity contribution < 1.29 is 9.59 Å². The molecule has 2 aromatic rings. The number of nitrogens with zero attached hydrogens (tertiary/aromatic N) is 2. The fourth-order valence-corrected chi connectivity index (χ4v) is 4.31. The Balaban J connectivity index is 1.53. The molecule has 0 radical (unpaired) electrons. The van der Waals surface area contributed by atoms with Crippen LogP contribution < -0.4 is 10.2 Å². The van der Waals surface area contributed by atoms with Crippen LogP contribution in [0.5, 0.6) is 0 Å². The first-order valence-electron chi connectivity index (χ1n) is 10.1. The zero-order chi connectivity index (χ0) is 19.7. The molecule has 4 rings (SSSR count). The van der Waals surface area contributed by atoms with Crippen LogP contribution in [0.15, 0.2) is 42.5 Å². The molecular weight excluding hydrogens is 350 g/mol. The molecule has 1 fully saturated rings. The van der Waals surface area contributed by atoms with Gasteiger partial charge < -0.3 is 15.1 Å². The minimum absolute atomic E-state index is 0.0913. The third kappa shape index (κ3) is 3.49. The quantitative estimate of drug-likeness (QED) is 0.845. The third-order valence-electron chi connectivity index (χ3n) is 5.97. The summed E-state index contributed by atoms with van der Waals surface area (Å²) in [5.41, 5.74) is 5.19. The number of fused-ring (bicyclic) bond motifs is 1. The molecule has 1 aliphatic carbocycles. The monoisotopic (exact) mass is 377 g/mol. The average Bonchev–Trinajstić information content (AvgIpc) is 3.14. The molecule has 2 aliphatic rings. The summed E-state index contributed by atoms with van der Waals surface area (Å²) in [6, 6.07) is 14.2. The molecular formula is C23H27N3O2. The summed E-state index contributed by atoms with van der Waals surface area (Å²) in [6.45, 7) is 2.72. The number of amides is 3. The molecule has 0 bridgehead atoms. The van der Waals surface area contributed by atoms with E-state index in [1.807, 2.05) is 43.1 Å². The Labute approximate surface area is 166 Å². The SMILES string of the molecule is Cc1ccc(N2CCCC2=O)cc1NC(=O)N(C)C1CCCc2ccccc21. The number of carbonyl (C=O) groups excluding carboxylic acids is 2. The summed E-state index contributed by atoms with van der Waals surface area (Å²) >= 11 is 0. The van der Waals surface area contributed by atoms with E-state index in [9.17, 15) is 9.59 Å². The number of rotatable bonds is 3. The van der Waals surface area contributed by atoms with Crippen LogP contribution in [0.1, 0.15) is 48.4 Å². The van der Waals surface area contributed by atoms with Gasteiger partial charge in [-0.15, -0.1) is 0 Å². The van der Waals surface area contributed by atoms with Crippen LogP contribution in [0.2, 0.25) is 0 Å². The van der Waals surface area contributed by atoms with Crippen LogP contribution in [0.3, 0.4) is 0 Å². The van der Waals surface area contributed by atoms with Crippen LogP contribution in [0.25, 0.3) is 0 Å². The molecule has 0 aromatic heterocycles. The molecule has 28 heavy (non-hydrogen) atoms. The van der Waals surface area contributed by atoms with Gasteiger partial charge in [-0.2, -0.15) is 0 Å². The molecule has 1 N–H and O–H groups in total. The van der Waals surface area contributed by atoms with Gasteiger partial charge in [0.2, 0.25) is 5.91 Å². The Morgan fingerprint density at radius 3 is 2.75 bits per heavy atom. The van der Waals surface area contributed by atoms with E-state index >= 15 is 0 Å². The molecule has 1 unspecified atom stereocenters. The lowest BCUT2D eigenvalue weighted by Gasteiger charge is -2.33. The number of carbonyl (C=O) groups is 2. The maximum Gasteiger partial charge on any atom is 0.322 e. The van der Waals surface area contributed by atoms with E-state index in [1.54, 1.807) is 4.90 Å². The predicted molar refractivity (Wildman–Crippen MR) is 112 cm³/mol. The number of aryl methyl sites for hydroxylation is 2. The number of benzene rings is 2. The van der Waals surface area contributed by atoms with E-state index in [1.165, 1.54) is 11.1 Å². The molecule has 1 heterocycles. The maximum atomic E-state index is 13.0. The van der Waals surface area contributed by atoms with Crippen molar-refractivity contribution >= 4 is 23.3 Å². The van der Waals surface area contributed by atoms with Crippen molar-refractivity contribution in [3.63, 3.8) is 0 Å². The van der Waals surface area contributed by atoms with Gasteiger partial charge in [-0.3, -0.25) is 4.79 Å². The van der Waals surface area contributed by atoms with Crippen LogP contribution in [0.4, 0.5) is 16.2 Å². The van der Waals surface area contributed by atoms with Gasteiger partial charge >= 0.3 is 6.03 Å². The highest BCUT2D eigenvalue weighted by atomic mass is 16.2. The van der Waals surface area contributed by atoms with E-state index in [-0.39, 0.29) is 18.0 Å². The maximum absolute atomic E-state index is 13.0. The second-order valence-corrected chi connectivity index (χ2v) is 7.80. The third-order valence-corrected chi connectivity index (χ3v) is 5.97. The van der Waals surface area contributed by atoms with Crippen molar-refractivity contribution in [3.8, 4) is 0 Å². The number of urea groups is 1. The fraction of sp³-hybridized carbons (Fsp3) is 0.391. The van der Waals surface area contributed by atoms with Gasteiger partial charge in [0, 0.05) is 31.4 Å². The van der Waals surface area contributed by atoms with Crippen LogP contribution in [-0.4, -0.2) is 30.4 Å². The largest absolute Gasteiger partial charge is 0.322 e. The summed E-state index contributed by atoms with van der Waals surface area (Å²) in [6.07, 6.45) is 4.62. The van der Waals surface area contributed by atoms with E-state index in [4.69, 9.17) is 0 Å². The summed E-state index contributed by atoms with van der Waals surface area (Å²) < 4.78 is 0. The summed E-state index contributed by atoms with van der Waals surface area (Å²) in [7, 11) is 1.87. The Bertz CT molecular complexity index is 908. The smallest absolute Gasteiger partial charge is 0.321 e. The van der Waals surface area contributed by atoms with Crippen LogP contribution >= 0.6 is 0 Å². The second-order valence-electron chi connectivity index (χ2n) is 7.80. The minimum atomic E-state index is -0.116. The first-order valence-corrected chi connectivity index (χ1v) is 10.1. The van der Waals surface area contributed by atoms with Crippen molar-refractivity contribution in [2.75, 3.05) is 23.8 Å². The zero-order valence-corrected chi connectivity index (χ0v) is 16.6. The second kappa shape index (κ2) is 7.66.